The van der Waals surface area contributed by atoms with E-state index in [0.717, 1.165) is 5.57 Å². The maximum Gasteiger partial charge on any atom is 0.334 e. The largest absolute Gasteiger partial charge is 0.458 e. The Kier molecular flexibility index (Phi) is 3.04. The molecule has 0 spiro atoms. The lowest BCUT2D eigenvalue weighted by molar-refractivity contribution is -0.210. The van der Waals surface area contributed by atoms with Gasteiger partial charge >= 0.3 is 5.97 Å². The Bertz CT molecular complexity index is 481. The first-order valence-electron chi connectivity index (χ1n) is 6.94. The van der Waals surface area contributed by atoms with Crippen LogP contribution in [0, 0.1) is 5.92 Å². The summed E-state index contributed by atoms with van der Waals surface area (Å²) in [6.45, 7) is 9.38. The number of fused-ring (bicyclic) bond motifs is 3. The number of carbonyl (C=O) groups is 1. The van der Waals surface area contributed by atoms with Crippen molar-refractivity contribution in [2.24, 2.45) is 5.92 Å². The van der Waals surface area contributed by atoms with Gasteiger partial charge in [-0.2, -0.15) is 0 Å². The maximum absolute atomic E-state index is 11.7. The van der Waals surface area contributed by atoms with Gasteiger partial charge < -0.3 is 19.7 Å². The van der Waals surface area contributed by atoms with Gasteiger partial charge in [0.05, 0.1) is 23.7 Å². The summed E-state index contributed by atoms with van der Waals surface area (Å²) < 4.78 is 11.1. The second-order valence-electron chi connectivity index (χ2n) is 6.29. The van der Waals surface area contributed by atoms with E-state index < -0.39 is 35.8 Å². The minimum Gasteiger partial charge on any atom is -0.458 e. The Labute approximate surface area is 117 Å². The zero-order valence-electron chi connectivity index (χ0n) is 11.5. The first-order valence-corrected chi connectivity index (χ1v) is 6.94. The van der Waals surface area contributed by atoms with Crippen molar-refractivity contribution in [3.8, 4) is 0 Å². The summed E-state index contributed by atoms with van der Waals surface area (Å²) in [4.78, 5) is 11.7. The Morgan fingerprint density at radius 2 is 2.10 bits per heavy atom. The highest BCUT2D eigenvalue weighted by Gasteiger charge is 2.54. The summed E-state index contributed by atoms with van der Waals surface area (Å²) in [6.07, 6.45) is -0.796. The summed E-state index contributed by atoms with van der Waals surface area (Å²) in [5.74, 6) is -1.03. The lowest BCUT2D eigenvalue weighted by Gasteiger charge is -2.47. The molecule has 110 valence electrons. The third kappa shape index (κ3) is 1.92. The second kappa shape index (κ2) is 4.41. The molecule has 3 rings (SSSR count). The van der Waals surface area contributed by atoms with Crippen LogP contribution in [0.3, 0.4) is 0 Å². The van der Waals surface area contributed by atoms with Gasteiger partial charge in [-0.1, -0.05) is 13.2 Å². The van der Waals surface area contributed by atoms with Gasteiger partial charge in [-0.25, -0.2) is 4.79 Å². The van der Waals surface area contributed by atoms with Crippen LogP contribution in [0.25, 0.3) is 0 Å². The fourth-order valence-corrected chi connectivity index (χ4v) is 3.53. The van der Waals surface area contributed by atoms with Crippen LogP contribution in [-0.4, -0.2) is 46.2 Å². The van der Waals surface area contributed by atoms with E-state index in [4.69, 9.17) is 9.47 Å². The van der Waals surface area contributed by atoms with E-state index in [1.807, 2.05) is 0 Å². The minimum atomic E-state index is -1.13. The summed E-state index contributed by atoms with van der Waals surface area (Å²) in [5.41, 5.74) is -0.0436. The van der Waals surface area contributed by atoms with Crippen LogP contribution in [-0.2, 0) is 14.3 Å². The molecule has 5 nitrogen and oxygen atoms in total. The molecule has 0 unspecified atom stereocenters. The van der Waals surface area contributed by atoms with E-state index >= 15 is 0 Å². The molecule has 0 amide bonds. The zero-order chi connectivity index (χ0) is 14.7. The van der Waals surface area contributed by atoms with E-state index in [9.17, 15) is 15.0 Å². The SMILES string of the molecule is C=C1C(=O)O[C@@H]2CC(=C)[C@@H]3CC[C@](C)(O)[C@H](O3)[C@@H](O)[C@H]12. The third-order valence-corrected chi connectivity index (χ3v) is 4.76. The quantitative estimate of drug-likeness (QED) is 0.388. The first kappa shape index (κ1) is 13.8. The van der Waals surface area contributed by atoms with Gasteiger partial charge in [0, 0.05) is 12.0 Å². The predicted molar refractivity (Wildman–Crippen MR) is 70.8 cm³/mol. The van der Waals surface area contributed by atoms with E-state index in [-0.39, 0.29) is 11.7 Å². The molecule has 6 atom stereocenters. The summed E-state index contributed by atoms with van der Waals surface area (Å²) in [5, 5.41) is 21.1. The number of aliphatic hydroxyl groups is 2. The standard InChI is InChI=1S/C15H20O5/c1-7-6-10-11(8(2)14(17)20-10)12(16)13-15(3,18)5-4-9(7)19-13/h9-13,16,18H,1-2,4-6H2,3H3/t9-,10+,11+,12-,13+,15-/m0/s1. The molecule has 0 aromatic carbocycles. The van der Waals surface area contributed by atoms with Gasteiger partial charge in [0.2, 0.25) is 0 Å². The average molecular weight is 280 g/mol. The maximum atomic E-state index is 11.7. The van der Waals surface area contributed by atoms with E-state index in [0.29, 0.717) is 19.3 Å². The Hall–Kier alpha value is -1.17. The van der Waals surface area contributed by atoms with Gasteiger partial charge in [-0.05, 0) is 25.3 Å². The number of esters is 1. The molecule has 20 heavy (non-hydrogen) atoms. The van der Waals surface area contributed by atoms with Crippen LogP contribution >= 0.6 is 0 Å². The zero-order valence-corrected chi connectivity index (χ0v) is 11.5. The fourth-order valence-electron chi connectivity index (χ4n) is 3.53. The Balaban J connectivity index is 1.99. The number of aliphatic hydroxyl groups excluding tert-OH is 1. The molecular formula is C15H20O5. The van der Waals surface area contributed by atoms with Gasteiger partial charge in [-0.3, -0.25) is 0 Å². The molecule has 3 aliphatic heterocycles. The third-order valence-electron chi connectivity index (χ3n) is 4.76. The van der Waals surface area contributed by atoms with Crippen molar-refractivity contribution in [2.75, 3.05) is 0 Å². The van der Waals surface area contributed by atoms with Crippen LogP contribution in [0.4, 0.5) is 0 Å². The van der Waals surface area contributed by atoms with Gasteiger partial charge in [0.25, 0.3) is 0 Å². The molecule has 2 N–H and O–H groups in total. The highest BCUT2D eigenvalue weighted by molar-refractivity contribution is 5.91. The molecule has 0 saturated carbocycles. The first-order chi connectivity index (χ1) is 9.31. The summed E-state index contributed by atoms with van der Waals surface area (Å²) >= 11 is 0. The number of hydrogen-bond acceptors (Lipinski definition) is 5. The molecule has 0 aliphatic carbocycles. The molecule has 3 saturated heterocycles. The van der Waals surface area contributed by atoms with E-state index in [2.05, 4.69) is 13.2 Å². The molecule has 5 heteroatoms. The van der Waals surface area contributed by atoms with Crippen molar-refractivity contribution >= 4 is 5.97 Å². The van der Waals surface area contributed by atoms with Crippen molar-refractivity contribution in [3.05, 3.63) is 24.3 Å². The number of ether oxygens (including phenoxy) is 2. The molecule has 2 bridgehead atoms. The van der Waals surface area contributed by atoms with Crippen molar-refractivity contribution in [1.82, 2.24) is 0 Å². The Morgan fingerprint density at radius 3 is 2.80 bits per heavy atom. The van der Waals surface area contributed by atoms with Gasteiger partial charge in [-0.15, -0.1) is 0 Å². The fraction of sp³-hybridized carbons (Fsp3) is 0.667. The van der Waals surface area contributed by atoms with Crippen LogP contribution < -0.4 is 0 Å². The molecule has 3 fully saturated rings. The van der Waals surface area contributed by atoms with Crippen molar-refractivity contribution in [2.45, 2.75) is 56.2 Å². The van der Waals surface area contributed by atoms with Crippen molar-refractivity contribution in [1.29, 1.82) is 0 Å². The lowest BCUT2D eigenvalue weighted by atomic mass is 9.74. The van der Waals surface area contributed by atoms with E-state index in [1.165, 1.54) is 0 Å². The van der Waals surface area contributed by atoms with Crippen LogP contribution in [0.5, 0.6) is 0 Å². The highest BCUT2D eigenvalue weighted by atomic mass is 16.6. The average Bonchev–Trinajstić information content (AvgIpc) is 2.62. The second-order valence-corrected chi connectivity index (χ2v) is 6.29. The molecular weight excluding hydrogens is 260 g/mol. The van der Waals surface area contributed by atoms with Gasteiger partial charge in [0.1, 0.15) is 12.2 Å². The molecule has 0 radical (unpaired) electrons. The highest BCUT2D eigenvalue weighted by Crippen LogP contribution is 2.43. The molecule has 3 aliphatic rings. The molecule has 0 aromatic heterocycles. The number of carbonyl (C=O) groups excluding carboxylic acids is 1. The van der Waals surface area contributed by atoms with Crippen molar-refractivity contribution in [3.63, 3.8) is 0 Å². The van der Waals surface area contributed by atoms with Gasteiger partial charge in [0.15, 0.2) is 0 Å². The number of rotatable bonds is 0. The van der Waals surface area contributed by atoms with E-state index in [1.54, 1.807) is 6.92 Å². The van der Waals surface area contributed by atoms with Crippen LogP contribution in [0.2, 0.25) is 0 Å². The summed E-state index contributed by atoms with van der Waals surface area (Å²) in [6, 6.07) is 0. The number of hydrogen-bond donors (Lipinski definition) is 2. The lowest BCUT2D eigenvalue weighted by Crippen LogP contribution is -2.58. The topological polar surface area (TPSA) is 76.0 Å². The minimum absolute atomic E-state index is 0.205. The van der Waals surface area contributed by atoms with Crippen LogP contribution in [0.15, 0.2) is 24.3 Å². The predicted octanol–water partition coefficient (Wildman–Crippen LogP) is 0.704. The van der Waals surface area contributed by atoms with Crippen LogP contribution in [0.1, 0.15) is 26.2 Å². The Morgan fingerprint density at radius 1 is 1.40 bits per heavy atom. The monoisotopic (exact) mass is 280 g/mol. The normalized spacial score (nSPS) is 48.4. The smallest absolute Gasteiger partial charge is 0.334 e. The van der Waals surface area contributed by atoms with Crippen molar-refractivity contribution < 1.29 is 24.5 Å². The molecule has 0 aromatic rings. The summed E-state index contributed by atoms with van der Waals surface area (Å²) in [7, 11) is 0. The molecule has 3 heterocycles.